The van der Waals surface area contributed by atoms with E-state index < -0.39 is 0 Å². The molecule has 0 heterocycles. The molecule has 0 aliphatic carbocycles. The van der Waals surface area contributed by atoms with Crippen molar-refractivity contribution in [2.24, 2.45) is 0 Å². The third-order valence-electron chi connectivity index (χ3n) is 2.28. The van der Waals surface area contributed by atoms with Gasteiger partial charge in [-0.05, 0) is 23.6 Å². The van der Waals surface area contributed by atoms with Gasteiger partial charge in [0.15, 0.2) is 0 Å². The van der Waals surface area contributed by atoms with Crippen molar-refractivity contribution in [2.45, 2.75) is 33.4 Å². The molecular weight excluding hydrogens is 170 g/mol. The molecule has 0 atom stereocenters. The molecule has 1 aromatic carbocycles. The lowest BCUT2D eigenvalue weighted by Gasteiger charge is -2.09. The zero-order valence-electron chi connectivity index (χ0n) is 9.30. The topological polar surface area (TPSA) is 12.0 Å². The molecule has 1 heteroatoms. The van der Waals surface area contributed by atoms with Crippen molar-refractivity contribution in [3.05, 3.63) is 41.5 Å². The molecule has 0 aliphatic rings. The fourth-order valence-electron chi connectivity index (χ4n) is 1.34. The molecule has 0 fully saturated rings. The first-order valence-corrected chi connectivity index (χ1v) is 5.09. The van der Waals surface area contributed by atoms with Crippen LogP contribution in [0.15, 0.2) is 24.8 Å². The van der Waals surface area contributed by atoms with E-state index in [0.717, 1.165) is 6.54 Å². The van der Waals surface area contributed by atoms with Crippen LogP contribution in [0.3, 0.4) is 0 Å². The van der Waals surface area contributed by atoms with E-state index in [0.29, 0.717) is 6.04 Å². The molecule has 0 bridgehead atoms. The summed E-state index contributed by atoms with van der Waals surface area (Å²) in [5, 5.41) is 3.40. The van der Waals surface area contributed by atoms with Crippen molar-refractivity contribution in [2.75, 3.05) is 0 Å². The van der Waals surface area contributed by atoms with Gasteiger partial charge < -0.3 is 5.32 Å². The van der Waals surface area contributed by atoms with Crippen LogP contribution in [0.4, 0.5) is 0 Å². The maximum absolute atomic E-state index is 3.81. The molecule has 1 aromatic rings. The molecule has 0 radical (unpaired) electrons. The van der Waals surface area contributed by atoms with Gasteiger partial charge in [0.1, 0.15) is 0 Å². The Hall–Kier alpha value is -1.08. The monoisotopic (exact) mass is 189 g/mol. The number of aryl methyl sites for hydroxylation is 1. The Morgan fingerprint density at radius 3 is 2.71 bits per heavy atom. The minimum absolute atomic E-state index is 0.531. The zero-order chi connectivity index (χ0) is 10.6. The van der Waals surface area contributed by atoms with Gasteiger partial charge >= 0.3 is 0 Å². The SMILES string of the molecule is C=Cc1cc(CNC(C)C)ccc1C. The Morgan fingerprint density at radius 1 is 1.43 bits per heavy atom. The largest absolute Gasteiger partial charge is 0.310 e. The Bertz CT molecular complexity index is 313. The fourth-order valence-corrected chi connectivity index (χ4v) is 1.34. The Balaban J connectivity index is 2.74. The van der Waals surface area contributed by atoms with Gasteiger partial charge in [-0.15, -0.1) is 0 Å². The maximum Gasteiger partial charge on any atom is 0.0208 e. The smallest absolute Gasteiger partial charge is 0.0208 e. The molecule has 76 valence electrons. The predicted molar refractivity (Wildman–Crippen MR) is 63.2 cm³/mol. The normalized spacial score (nSPS) is 10.6. The van der Waals surface area contributed by atoms with Gasteiger partial charge in [0, 0.05) is 12.6 Å². The van der Waals surface area contributed by atoms with E-state index in [1.165, 1.54) is 16.7 Å². The molecule has 0 aliphatic heterocycles. The summed E-state index contributed by atoms with van der Waals surface area (Å²) in [6.07, 6.45) is 1.91. The lowest BCUT2D eigenvalue weighted by atomic mass is 10.0. The summed E-state index contributed by atoms with van der Waals surface area (Å²) in [5.74, 6) is 0. The van der Waals surface area contributed by atoms with E-state index in [1.807, 2.05) is 6.08 Å². The van der Waals surface area contributed by atoms with Gasteiger partial charge in [-0.3, -0.25) is 0 Å². The van der Waals surface area contributed by atoms with Gasteiger partial charge in [-0.1, -0.05) is 44.7 Å². The summed E-state index contributed by atoms with van der Waals surface area (Å²) >= 11 is 0. The first kappa shape index (κ1) is 11.0. The molecule has 0 spiro atoms. The quantitative estimate of drug-likeness (QED) is 0.767. The molecule has 1 N–H and O–H groups in total. The molecule has 0 aromatic heterocycles. The van der Waals surface area contributed by atoms with Crippen LogP contribution in [0, 0.1) is 6.92 Å². The average molecular weight is 189 g/mol. The second kappa shape index (κ2) is 4.97. The van der Waals surface area contributed by atoms with Gasteiger partial charge in [-0.25, -0.2) is 0 Å². The summed E-state index contributed by atoms with van der Waals surface area (Å²) in [4.78, 5) is 0. The van der Waals surface area contributed by atoms with Crippen molar-refractivity contribution in [1.82, 2.24) is 5.32 Å². The van der Waals surface area contributed by atoms with Crippen LogP contribution in [-0.4, -0.2) is 6.04 Å². The number of rotatable bonds is 4. The molecule has 0 unspecified atom stereocenters. The zero-order valence-corrected chi connectivity index (χ0v) is 9.30. The second-order valence-electron chi connectivity index (χ2n) is 3.93. The minimum Gasteiger partial charge on any atom is -0.310 e. The molecule has 0 amide bonds. The first-order valence-electron chi connectivity index (χ1n) is 5.09. The highest BCUT2D eigenvalue weighted by Crippen LogP contribution is 2.12. The highest BCUT2D eigenvalue weighted by molar-refractivity contribution is 5.52. The molecule has 1 nitrogen and oxygen atoms in total. The number of nitrogens with one attached hydrogen (secondary N) is 1. The lowest BCUT2D eigenvalue weighted by molar-refractivity contribution is 0.589. The number of hydrogen-bond donors (Lipinski definition) is 1. The summed E-state index contributed by atoms with van der Waals surface area (Å²) in [6, 6.07) is 7.03. The molecular formula is C13H19N. The van der Waals surface area contributed by atoms with E-state index >= 15 is 0 Å². The highest BCUT2D eigenvalue weighted by Gasteiger charge is 1.98. The minimum atomic E-state index is 0.531. The summed E-state index contributed by atoms with van der Waals surface area (Å²) in [5.41, 5.74) is 3.83. The second-order valence-corrected chi connectivity index (χ2v) is 3.93. The van der Waals surface area contributed by atoms with Crippen LogP contribution in [0.5, 0.6) is 0 Å². The van der Waals surface area contributed by atoms with E-state index in [-0.39, 0.29) is 0 Å². The molecule has 14 heavy (non-hydrogen) atoms. The first-order chi connectivity index (χ1) is 6.63. The third-order valence-corrected chi connectivity index (χ3v) is 2.28. The van der Waals surface area contributed by atoms with Crippen LogP contribution < -0.4 is 5.32 Å². The van der Waals surface area contributed by atoms with Gasteiger partial charge in [0.2, 0.25) is 0 Å². The van der Waals surface area contributed by atoms with Crippen molar-refractivity contribution in [3.8, 4) is 0 Å². The van der Waals surface area contributed by atoms with E-state index in [2.05, 4.69) is 50.9 Å². The van der Waals surface area contributed by atoms with Gasteiger partial charge in [0.05, 0.1) is 0 Å². The molecule has 0 saturated carbocycles. The Morgan fingerprint density at radius 2 is 2.14 bits per heavy atom. The Kier molecular flexibility index (Phi) is 3.90. The average Bonchev–Trinajstić information content (AvgIpc) is 2.16. The third kappa shape index (κ3) is 3.00. The maximum atomic E-state index is 3.81. The van der Waals surface area contributed by atoms with Crippen molar-refractivity contribution >= 4 is 6.08 Å². The van der Waals surface area contributed by atoms with Crippen LogP contribution >= 0.6 is 0 Å². The summed E-state index contributed by atoms with van der Waals surface area (Å²) < 4.78 is 0. The van der Waals surface area contributed by atoms with E-state index in [4.69, 9.17) is 0 Å². The molecule has 1 rings (SSSR count). The highest BCUT2D eigenvalue weighted by atomic mass is 14.9. The van der Waals surface area contributed by atoms with Crippen molar-refractivity contribution in [1.29, 1.82) is 0 Å². The van der Waals surface area contributed by atoms with E-state index in [9.17, 15) is 0 Å². The van der Waals surface area contributed by atoms with Gasteiger partial charge in [0.25, 0.3) is 0 Å². The number of hydrogen-bond acceptors (Lipinski definition) is 1. The summed E-state index contributed by atoms with van der Waals surface area (Å²) in [6.45, 7) is 11.2. The van der Waals surface area contributed by atoms with Gasteiger partial charge in [-0.2, -0.15) is 0 Å². The van der Waals surface area contributed by atoms with Crippen LogP contribution in [0.1, 0.15) is 30.5 Å². The number of benzene rings is 1. The fraction of sp³-hybridized carbons (Fsp3) is 0.385. The summed E-state index contributed by atoms with van der Waals surface area (Å²) in [7, 11) is 0. The Labute approximate surface area is 86.8 Å². The predicted octanol–water partition coefficient (Wildman–Crippen LogP) is 3.14. The van der Waals surface area contributed by atoms with Crippen molar-refractivity contribution < 1.29 is 0 Å². The molecule has 0 saturated heterocycles. The lowest BCUT2D eigenvalue weighted by Crippen LogP contribution is -2.21. The van der Waals surface area contributed by atoms with E-state index in [1.54, 1.807) is 0 Å². The standard InChI is InChI=1S/C13H19N/c1-5-13-8-12(7-6-11(13)4)9-14-10(2)3/h5-8,10,14H,1,9H2,2-4H3. The van der Waals surface area contributed by atoms with Crippen LogP contribution in [0.25, 0.3) is 6.08 Å². The van der Waals surface area contributed by atoms with Crippen LogP contribution in [0.2, 0.25) is 0 Å². The van der Waals surface area contributed by atoms with Crippen LogP contribution in [-0.2, 0) is 6.54 Å². The van der Waals surface area contributed by atoms with Crippen molar-refractivity contribution in [3.63, 3.8) is 0 Å².